The summed E-state index contributed by atoms with van der Waals surface area (Å²) in [4.78, 5) is 27.1. The average molecular weight is 463 g/mol. The lowest BCUT2D eigenvalue weighted by Gasteiger charge is -2.31. The van der Waals surface area contributed by atoms with Crippen molar-refractivity contribution in [2.24, 2.45) is 0 Å². The molecule has 2 aliphatic rings. The molecule has 1 fully saturated rings. The van der Waals surface area contributed by atoms with E-state index in [-0.39, 0.29) is 30.3 Å². The van der Waals surface area contributed by atoms with Crippen molar-refractivity contribution in [2.45, 2.75) is 58.2 Å². The Morgan fingerprint density at radius 1 is 1.18 bits per heavy atom. The van der Waals surface area contributed by atoms with Crippen LogP contribution in [0.1, 0.15) is 62.3 Å². The first kappa shape index (κ1) is 23.8. The molecule has 2 heterocycles. The zero-order valence-electron chi connectivity index (χ0n) is 20.2. The fraction of sp³-hybridized carbons (Fsp3) is 0.407. The first-order valence-corrected chi connectivity index (χ1v) is 12.1. The van der Waals surface area contributed by atoms with Gasteiger partial charge in [0.15, 0.2) is 0 Å². The average Bonchev–Trinajstić information content (AvgIpc) is 3.28. The summed E-state index contributed by atoms with van der Waals surface area (Å²) in [7, 11) is 0. The van der Waals surface area contributed by atoms with Crippen molar-refractivity contribution in [1.82, 2.24) is 20.7 Å². The molecular weight excluding hydrogens is 428 g/mol. The highest BCUT2D eigenvalue weighted by Gasteiger charge is 2.39. The molecule has 2 amide bonds. The number of hydrogen-bond donors (Lipinski definition) is 2. The molecule has 0 saturated carbocycles. The zero-order chi connectivity index (χ0) is 24.1. The normalized spacial score (nSPS) is 19.5. The van der Waals surface area contributed by atoms with E-state index in [0.29, 0.717) is 32.0 Å². The molecule has 2 aliphatic heterocycles. The van der Waals surface area contributed by atoms with Gasteiger partial charge in [0.05, 0.1) is 12.6 Å². The summed E-state index contributed by atoms with van der Waals surface area (Å²) in [6.07, 6.45) is 4.60. The van der Waals surface area contributed by atoms with Crippen LogP contribution in [0.4, 0.5) is 0 Å². The van der Waals surface area contributed by atoms with Crippen LogP contribution in [0.15, 0.2) is 60.9 Å². The molecule has 4 rings (SSSR count). The number of hydrazine groups is 1. The lowest BCUT2D eigenvalue weighted by molar-refractivity contribution is -0.134. The lowest BCUT2D eigenvalue weighted by Crippen LogP contribution is -2.48. The number of nitrogens with one attached hydrogen (secondary N) is 2. The molecule has 7 nitrogen and oxygen atoms in total. The van der Waals surface area contributed by atoms with E-state index in [1.807, 2.05) is 42.4 Å². The number of fused-ring (bicyclic) bond motifs is 1. The highest BCUT2D eigenvalue weighted by atomic mass is 16.5. The van der Waals surface area contributed by atoms with Gasteiger partial charge in [0.1, 0.15) is 11.8 Å². The molecule has 2 unspecified atom stereocenters. The van der Waals surface area contributed by atoms with Crippen molar-refractivity contribution < 1.29 is 14.3 Å². The van der Waals surface area contributed by atoms with Gasteiger partial charge in [0, 0.05) is 31.9 Å². The van der Waals surface area contributed by atoms with Gasteiger partial charge in [-0.2, -0.15) is 0 Å². The van der Waals surface area contributed by atoms with E-state index in [0.717, 1.165) is 11.3 Å². The Labute approximate surface area is 201 Å². The number of rotatable bonds is 9. The molecule has 0 aliphatic carbocycles. The van der Waals surface area contributed by atoms with Crippen LogP contribution in [0, 0.1) is 0 Å². The largest absolute Gasteiger partial charge is 0.494 e. The molecule has 1 saturated heterocycles. The summed E-state index contributed by atoms with van der Waals surface area (Å²) in [5.41, 5.74) is 6.90. The van der Waals surface area contributed by atoms with Crippen LogP contribution in [0.2, 0.25) is 0 Å². The number of nitrogens with zero attached hydrogens (tertiary/aromatic N) is 2. The van der Waals surface area contributed by atoms with Crippen LogP contribution >= 0.6 is 0 Å². The van der Waals surface area contributed by atoms with Crippen molar-refractivity contribution in [2.75, 3.05) is 13.2 Å². The van der Waals surface area contributed by atoms with Crippen molar-refractivity contribution in [3.8, 4) is 5.75 Å². The van der Waals surface area contributed by atoms with Crippen LogP contribution < -0.4 is 15.5 Å². The van der Waals surface area contributed by atoms with E-state index in [9.17, 15) is 9.59 Å². The van der Waals surface area contributed by atoms with E-state index < -0.39 is 0 Å². The number of ether oxygens (including phenoxy) is 1. The lowest BCUT2D eigenvalue weighted by atomic mass is 9.97. The highest BCUT2D eigenvalue weighted by molar-refractivity contribution is 5.85. The Morgan fingerprint density at radius 2 is 1.97 bits per heavy atom. The third-order valence-corrected chi connectivity index (χ3v) is 6.36. The summed E-state index contributed by atoms with van der Waals surface area (Å²) < 4.78 is 5.50. The number of hydrogen-bond acceptors (Lipinski definition) is 5. The maximum absolute atomic E-state index is 13.1. The minimum absolute atomic E-state index is 0.0218. The summed E-state index contributed by atoms with van der Waals surface area (Å²) in [6.45, 7) is 7.70. The molecule has 2 atom stereocenters. The van der Waals surface area contributed by atoms with E-state index in [1.165, 1.54) is 11.1 Å². The molecule has 2 aromatic carbocycles. The Kier molecular flexibility index (Phi) is 7.53. The fourth-order valence-electron chi connectivity index (χ4n) is 4.37. The molecule has 7 heteroatoms. The van der Waals surface area contributed by atoms with Gasteiger partial charge in [-0.05, 0) is 48.1 Å². The summed E-state index contributed by atoms with van der Waals surface area (Å²) >= 11 is 0. The Hall–Kier alpha value is -3.32. The summed E-state index contributed by atoms with van der Waals surface area (Å²) in [6, 6.07) is 16.1. The van der Waals surface area contributed by atoms with Crippen LogP contribution in [0.3, 0.4) is 0 Å². The maximum Gasteiger partial charge on any atom is 0.250 e. The Bertz CT molecular complexity index is 1030. The molecule has 180 valence electrons. The SMILES string of the molecule is CCOc1cccc(CNC(=O)CCN2C=CN3NC(c4ccc(C(C)C)cc4)CC3C2=O)c1. The van der Waals surface area contributed by atoms with Crippen LogP contribution in [0.5, 0.6) is 5.75 Å². The van der Waals surface area contributed by atoms with E-state index in [1.54, 1.807) is 11.1 Å². The topological polar surface area (TPSA) is 73.9 Å². The molecule has 34 heavy (non-hydrogen) atoms. The minimum atomic E-state index is -0.260. The highest BCUT2D eigenvalue weighted by Crippen LogP contribution is 2.31. The minimum Gasteiger partial charge on any atom is -0.494 e. The number of amides is 2. The fourth-order valence-corrected chi connectivity index (χ4v) is 4.37. The summed E-state index contributed by atoms with van der Waals surface area (Å²) in [5.74, 6) is 1.22. The Morgan fingerprint density at radius 3 is 2.71 bits per heavy atom. The monoisotopic (exact) mass is 462 g/mol. The summed E-state index contributed by atoms with van der Waals surface area (Å²) in [5, 5.41) is 4.82. The molecule has 0 spiro atoms. The standard InChI is InChI=1S/C27H34N4O3/c1-4-34-23-7-5-6-20(16-23)18-28-26(32)12-13-30-14-15-31-25(27(30)33)17-24(29-31)22-10-8-21(9-11-22)19(2)3/h5-11,14-16,19,24-25,29H,4,12-13,17-18H2,1-3H3,(H,28,32). The smallest absolute Gasteiger partial charge is 0.250 e. The van der Waals surface area contributed by atoms with Crippen molar-refractivity contribution in [3.05, 3.63) is 77.6 Å². The third kappa shape index (κ3) is 5.59. The van der Waals surface area contributed by atoms with Crippen molar-refractivity contribution in [3.63, 3.8) is 0 Å². The number of benzene rings is 2. The van der Waals surface area contributed by atoms with Crippen LogP contribution in [-0.2, 0) is 16.1 Å². The second kappa shape index (κ2) is 10.7. The number of carbonyl (C=O) groups is 2. The molecule has 2 aromatic rings. The molecule has 0 radical (unpaired) electrons. The van der Waals surface area contributed by atoms with Gasteiger partial charge in [0.25, 0.3) is 5.91 Å². The van der Waals surface area contributed by atoms with Gasteiger partial charge in [-0.3, -0.25) is 9.59 Å². The van der Waals surface area contributed by atoms with E-state index in [4.69, 9.17) is 4.74 Å². The van der Waals surface area contributed by atoms with Crippen molar-refractivity contribution in [1.29, 1.82) is 0 Å². The molecular formula is C27H34N4O3. The quantitative estimate of drug-likeness (QED) is 0.592. The van der Waals surface area contributed by atoms with Crippen LogP contribution in [-0.4, -0.2) is 40.9 Å². The molecule has 0 aromatic heterocycles. The Balaban J connectivity index is 1.26. The zero-order valence-corrected chi connectivity index (χ0v) is 20.2. The second-order valence-electron chi connectivity index (χ2n) is 9.10. The van der Waals surface area contributed by atoms with E-state index in [2.05, 4.69) is 48.9 Å². The second-order valence-corrected chi connectivity index (χ2v) is 9.10. The van der Waals surface area contributed by atoms with Gasteiger partial charge < -0.3 is 20.0 Å². The maximum atomic E-state index is 13.1. The van der Waals surface area contributed by atoms with Gasteiger partial charge in [0.2, 0.25) is 5.91 Å². The predicted molar refractivity (Wildman–Crippen MR) is 132 cm³/mol. The first-order chi connectivity index (χ1) is 16.4. The van der Waals surface area contributed by atoms with Gasteiger partial charge in [-0.25, -0.2) is 5.43 Å². The van der Waals surface area contributed by atoms with Gasteiger partial charge in [-0.15, -0.1) is 0 Å². The molecule has 0 bridgehead atoms. The number of carbonyl (C=O) groups excluding carboxylic acids is 2. The van der Waals surface area contributed by atoms with Crippen LogP contribution in [0.25, 0.3) is 0 Å². The van der Waals surface area contributed by atoms with Gasteiger partial charge >= 0.3 is 0 Å². The predicted octanol–water partition coefficient (Wildman–Crippen LogP) is 3.85. The first-order valence-electron chi connectivity index (χ1n) is 12.1. The van der Waals surface area contributed by atoms with E-state index >= 15 is 0 Å². The third-order valence-electron chi connectivity index (χ3n) is 6.36. The van der Waals surface area contributed by atoms with Gasteiger partial charge in [-0.1, -0.05) is 50.2 Å². The molecule has 2 N–H and O–H groups in total. The van der Waals surface area contributed by atoms with Crippen molar-refractivity contribution >= 4 is 11.8 Å².